The number of aryl methyl sites for hydroxylation is 2. The van der Waals surface area contributed by atoms with Crippen molar-refractivity contribution in [3.8, 4) is 0 Å². The maximum Gasteiger partial charge on any atom is 0.0705 e. The molecule has 1 aromatic carbocycles. The first-order valence-corrected chi connectivity index (χ1v) is 7.65. The normalized spacial score (nSPS) is 19.8. The fourth-order valence-corrected chi connectivity index (χ4v) is 2.88. The molecule has 0 spiro atoms. The number of ether oxygens (including phenoxy) is 1. The highest BCUT2D eigenvalue weighted by Crippen LogP contribution is 2.14. The van der Waals surface area contributed by atoms with Gasteiger partial charge >= 0.3 is 0 Å². The van der Waals surface area contributed by atoms with Crippen LogP contribution in [-0.4, -0.2) is 40.5 Å². The van der Waals surface area contributed by atoms with Crippen LogP contribution in [0, 0.1) is 0 Å². The van der Waals surface area contributed by atoms with E-state index in [0.717, 1.165) is 39.1 Å². The maximum absolute atomic E-state index is 5.91. The van der Waals surface area contributed by atoms with Crippen LogP contribution >= 0.6 is 0 Å². The third kappa shape index (κ3) is 4.16. The minimum Gasteiger partial charge on any atom is -0.376 e. The summed E-state index contributed by atoms with van der Waals surface area (Å²) in [7, 11) is 1.96. The molecule has 1 fully saturated rings. The third-order valence-corrected chi connectivity index (χ3v) is 3.99. The van der Waals surface area contributed by atoms with E-state index in [1.165, 1.54) is 11.1 Å². The highest BCUT2D eigenvalue weighted by Gasteiger charge is 2.20. The van der Waals surface area contributed by atoms with E-state index in [1.54, 1.807) is 0 Å². The van der Waals surface area contributed by atoms with Gasteiger partial charge in [-0.1, -0.05) is 30.3 Å². The Bertz CT molecular complexity index is 552. The van der Waals surface area contributed by atoms with E-state index in [-0.39, 0.29) is 0 Å². The van der Waals surface area contributed by atoms with E-state index in [1.807, 2.05) is 17.9 Å². The minimum absolute atomic E-state index is 0.343. The van der Waals surface area contributed by atoms with E-state index in [0.29, 0.717) is 6.10 Å². The van der Waals surface area contributed by atoms with Gasteiger partial charge < -0.3 is 4.74 Å². The molecule has 0 radical (unpaired) electrons. The molecule has 0 N–H and O–H groups in total. The lowest BCUT2D eigenvalue weighted by Gasteiger charge is -2.32. The summed E-state index contributed by atoms with van der Waals surface area (Å²) in [6.45, 7) is 3.83. The molecule has 4 heteroatoms. The first kappa shape index (κ1) is 14.3. The zero-order chi connectivity index (χ0) is 14.5. The molecule has 0 bridgehead atoms. The van der Waals surface area contributed by atoms with Gasteiger partial charge in [0.2, 0.25) is 0 Å². The first-order chi connectivity index (χ1) is 10.3. The van der Waals surface area contributed by atoms with Crippen molar-refractivity contribution < 1.29 is 4.74 Å². The zero-order valence-corrected chi connectivity index (χ0v) is 12.6. The van der Waals surface area contributed by atoms with E-state index in [4.69, 9.17) is 4.74 Å². The molecule has 3 rings (SSSR count). The molecule has 1 aliphatic rings. The van der Waals surface area contributed by atoms with Crippen LogP contribution < -0.4 is 0 Å². The molecular weight excluding hydrogens is 262 g/mol. The van der Waals surface area contributed by atoms with Crippen LogP contribution in [0.5, 0.6) is 0 Å². The van der Waals surface area contributed by atoms with Crippen molar-refractivity contribution >= 4 is 0 Å². The molecule has 4 nitrogen and oxygen atoms in total. The monoisotopic (exact) mass is 285 g/mol. The van der Waals surface area contributed by atoms with Gasteiger partial charge in [-0.25, -0.2) is 0 Å². The molecule has 21 heavy (non-hydrogen) atoms. The molecule has 1 atom stereocenters. The molecule has 1 aliphatic heterocycles. The Labute approximate surface area is 126 Å². The van der Waals surface area contributed by atoms with Crippen molar-refractivity contribution in [3.63, 3.8) is 0 Å². The maximum atomic E-state index is 5.91. The lowest BCUT2D eigenvalue weighted by atomic mass is 10.1. The van der Waals surface area contributed by atoms with E-state index < -0.39 is 0 Å². The van der Waals surface area contributed by atoms with Gasteiger partial charge in [-0.05, 0) is 18.4 Å². The summed E-state index contributed by atoms with van der Waals surface area (Å²) >= 11 is 0. The predicted molar refractivity (Wildman–Crippen MR) is 83.0 cm³/mol. The molecule has 1 saturated heterocycles. The van der Waals surface area contributed by atoms with E-state index in [2.05, 4.69) is 46.5 Å². The quantitative estimate of drug-likeness (QED) is 0.844. The van der Waals surface area contributed by atoms with Crippen molar-refractivity contribution in [2.45, 2.75) is 25.5 Å². The zero-order valence-electron chi connectivity index (χ0n) is 12.6. The second-order valence-electron chi connectivity index (χ2n) is 5.77. The van der Waals surface area contributed by atoms with Gasteiger partial charge in [0.05, 0.1) is 18.9 Å². The van der Waals surface area contributed by atoms with Crippen molar-refractivity contribution in [2.75, 3.05) is 19.7 Å². The molecule has 1 unspecified atom stereocenters. The molecule has 0 amide bonds. The summed E-state index contributed by atoms with van der Waals surface area (Å²) in [5.41, 5.74) is 2.67. The van der Waals surface area contributed by atoms with Gasteiger partial charge in [0.1, 0.15) is 0 Å². The van der Waals surface area contributed by atoms with Gasteiger partial charge in [-0.3, -0.25) is 9.58 Å². The Kier molecular flexibility index (Phi) is 4.68. The summed E-state index contributed by atoms with van der Waals surface area (Å²) in [5.74, 6) is 0. The van der Waals surface area contributed by atoms with Crippen LogP contribution in [0.2, 0.25) is 0 Å². The lowest BCUT2D eigenvalue weighted by Crippen LogP contribution is -2.42. The second kappa shape index (κ2) is 6.87. The lowest BCUT2D eigenvalue weighted by molar-refractivity contribution is -0.0345. The average Bonchev–Trinajstić information content (AvgIpc) is 2.92. The van der Waals surface area contributed by atoms with Crippen molar-refractivity contribution in [1.82, 2.24) is 14.7 Å². The van der Waals surface area contributed by atoms with Crippen LogP contribution in [0.4, 0.5) is 0 Å². The van der Waals surface area contributed by atoms with Crippen molar-refractivity contribution in [1.29, 1.82) is 0 Å². The largest absolute Gasteiger partial charge is 0.376 e. The summed E-state index contributed by atoms with van der Waals surface area (Å²) in [6.07, 6.45) is 6.57. The molecular formula is C17H23N3O. The smallest absolute Gasteiger partial charge is 0.0705 e. The van der Waals surface area contributed by atoms with Crippen LogP contribution in [0.15, 0.2) is 42.7 Å². The average molecular weight is 285 g/mol. The SMILES string of the molecule is Cn1cc(CN2CCOC(CCc3ccccc3)C2)cn1. The molecule has 2 aromatic rings. The minimum atomic E-state index is 0.343. The van der Waals surface area contributed by atoms with Gasteiger partial charge in [0, 0.05) is 38.4 Å². The van der Waals surface area contributed by atoms with Crippen LogP contribution in [0.25, 0.3) is 0 Å². The number of benzene rings is 1. The number of nitrogens with zero attached hydrogens (tertiary/aromatic N) is 3. The van der Waals surface area contributed by atoms with Crippen LogP contribution in [-0.2, 0) is 24.8 Å². The summed E-state index contributed by atoms with van der Waals surface area (Å²) in [5, 5.41) is 4.24. The molecule has 1 aromatic heterocycles. The number of morpholine rings is 1. The number of hydrogen-bond acceptors (Lipinski definition) is 3. The Hall–Kier alpha value is -1.65. The van der Waals surface area contributed by atoms with Crippen LogP contribution in [0.1, 0.15) is 17.5 Å². The van der Waals surface area contributed by atoms with Gasteiger partial charge in [-0.2, -0.15) is 5.10 Å². The summed E-state index contributed by atoms with van der Waals surface area (Å²) in [4.78, 5) is 2.47. The fraction of sp³-hybridized carbons (Fsp3) is 0.471. The molecule has 112 valence electrons. The van der Waals surface area contributed by atoms with Crippen molar-refractivity contribution in [3.05, 3.63) is 53.9 Å². The molecule has 0 aliphatic carbocycles. The molecule has 2 heterocycles. The predicted octanol–water partition coefficient (Wildman–Crippen LogP) is 2.25. The Morgan fingerprint density at radius 3 is 2.86 bits per heavy atom. The third-order valence-electron chi connectivity index (χ3n) is 3.99. The van der Waals surface area contributed by atoms with E-state index in [9.17, 15) is 0 Å². The van der Waals surface area contributed by atoms with E-state index >= 15 is 0 Å². The topological polar surface area (TPSA) is 30.3 Å². The fourth-order valence-electron chi connectivity index (χ4n) is 2.88. The summed E-state index contributed by atoms with van der Waals surface area (Å²) < 4.78 is 7.77. The number of hydrogen-bond donors (Lipinski definition) is 0. The standard InChI is InChI=1S/C17H23N3O/c1-19-12-16(11-18-19)13-20-9-10-21-17(14-20)8-7-15-5-3-2-4-6-15/h2-6,11-12,17H,7-10,13-14H2,1H3. The highest BCUT2D eigenvalue weighted by molar-refractivity contribution is 5.14. The number of aromatic nitrogens is 2. The highest BCUT2D eigenvalue weighted by atomic mass is 16.5. The number of rotatable bonds is 5. The Morgan fingerprint density at radius 1 is 1.24 bits per heavy atom. The first-order valence-electron chi connectivity index (χ1n) is 7.65. The second-order valence-corrected chi connectivity index (χ2v) is 5.77. The van der Waals surface area contributed by atoms with Gasteiger partial charge in [0.25, 0.3) is 0 Å². The molecule has 0 saturated carbocycles. The van der Waals surface area contributed by atoms with Gasteiger partial charge in [-0.15, -0.1) is 0 Å². The van der Waals surface area contributed by atoms with Crippen LogP contribution in [0.3, 0.4) is 0 Å². The Balaban J connectivity index is 1.49. The van der Waals surface area contributed by atoms with Crippen molar-refractivity contribution in [2.24, 2.45) is 7.05 Å². The Morgan fingerprint density at radius 2 is 2.10 bits per heavy atom. The summed E-state index contributed by atoms with van der Waals surface area (Å²) in [6, 6.07) is 10.7. The van der Waals surface area contributed by atoms with Gasteiger partial charge in [0.15, 0.2) is 0 Å².